The van der Waals surface area contributed by atoms with Crippen LogP contribution in [0.2, 0.25) is 0 Å². The molecule has 0 spiro atoms. The molecule has 2 rings (SSSR count). The van der Waals surface area contributed by atoms with E-state index in [1.165, 1.54) is 5.56 Å². The minimum Gasteiger partial charge on any atom is -0.384 e. The summed E-state index contributed by atoms with van der Waals surface area (Å²) in [4.78, 5) is 0. The lowest BCUT2D eigenvalue weighted by atomic mass is 9.99. The Balaban J connectivity index is 2.28. The van der Waals surface area contributed by atoms with Gasteiger partial charge in [-0.15, -0.1) is 0 Å². The van der Waals surface area contributed by atoms with Crippen molar-refractivity contribution in [3.8, 4) is 0 Å². The molecule has 0 amide bonds. The van der Waals surface area contributed by atoms with Gasteiger partial charge in [0, 0.05) is 5.56 Å². The summed E-state index contributed by atoms with van der Waals surface area (Å²) in [5.41, 5.74) is 2.22. The third-order valence-corrected chi connectivity index (χ3v) is 3.72. The average Bonchev–Trinajstić information content (AvgIpc) is 2.42. The number of hydrogen-bond donors (Lipinski definition) is 1. The highest BCUT2D eigenvalue weighted by molar-refractivity contribution is 9.10. The first kappa shape index (κ1) is 14.2. The number of aliphatic hydroxyl groups excluding tert-OH is 1. The van der Waals surface area contributed by atoms with Crippen LogP contribution in [0.4, 0.5) is 4.39 Å². The molecule has 3 heteroatoms. The number of halogens is 2. The van der Waals surface area contributed by atoms with E-state index in [0.717, 1.165) is 12.8 Å². The Morgan fingerprint density at radius 3 is 2.47 bits per heavy atom. The van der Waals surface area contributed by atoms with Crippen LogP contribution in [0.1, 0.15) is 36.1 Å². The maximum absolute atomic E-state index is 13.9. The third kappa shape index (κ3) is 3.23. The highest BCUT2D eigenvalue weighted by Crippen LogP contribution is 2.28. The zero-order valence-electron chi connectivity index (χ0n) is 10.7. The van der Waals surface area contributed by atoms with Gasteiger partial charge in [-0.25, -0.2) is 4.39 Å². The van der Waals surface area contributed by atoms with Gasteiger partial charge in [-0.05, 0) is 39.5 Å². The van der Waals surface area contributed by atoms with Gasteiger partial charge in [-0.2, -0.15) is 0 Å². The van der Waals surface area contributed by atoms with E-state index in [1.807, 2.05) is 24.3 Å². The molecular formula is C16H16BrFO. The molecule has 1 nitrogen and oxygen atoms in total. The van der Waals surface area contributed by atoms with Crippen molar-refractivity contribution in [1.29, 1.82) is 0 Å². The second-order valence-electron chi connectivity index (χ2n) is 4.54. The van der Waals surface area contributed by atoms with Gasteiger partial charge >= 0.3 is 0 Å². The second-order valence-corrected chi connectivity index (χ2v) is 5.39. The Labute approximate surface area is 121 Å². The van der Waals surface area contributed by atoms with Crippen LogP contribution in [0.3, 0.4) is 0 Å². The third-order valence-electron chi connectivity index (χ3n) is 3.11. The summed E-state index contributed by atoms with van der Waals surface area (Å²) in [6.45, 7) is 2.12. The molecule has 0 bridgehead atoms. The number of aliphatic hydroxyl groups is 1. The molecule has 2 aromatic carbocycles. The van der Waals surface area contributed by atoms with Gasteiger partial charge in [0.05, 0.1) is 4.47 Å². The fourth-order valence-corrected chi connectivity index (χ4v) is 2.45. The van der Waals surface area contributed by atoms with Gasteiger partial charge in [0.15, 0.2) is 0 Å². The standard InChI is InChI=1S/C16H16BrFO/c1-2-4-11-7-9-12(10-8-11)16(19)13-5-3-6-14(17)15(13)18/h3,5-10,16,19H,2,4H2,1H3. The van der Waals surface area contributed by atoms with E-state index >= 15 is 0 Å². The molecule has 100 valence electrons. The van der Waals surface area contributed by atoms with Crippen LogP contribution in [-0.4, -0.2) is 5.11 Å². The normalized spacial score (nSPS) is 12.4. The topological polar surface area (TPSA) is 20.2 Å². The Morgan fingerprint density at radius 2 is 1.84 bits per heavy atom. The van der Waals surface area contributed by atoms with E-state index in [-0.39, 0.29) is 5.56 Å². The van der Waals surface area contributed by atoms with Crippen LogP contribution in [0.5, 0.6) is 0 Å². The summed E-state index contributed by atoms with van der Waals surface area (Å²) in [5.74, 6) is -0.410. The molecule has 0 saturated heterocycles. The molecular weight excluding hydrogens is 307 g/mol. The van der Waals surface area contributed by atoms with Crippen molar-refractivity contribution in [3.05, 3.63) is 69.4 Å². The maximum Gasteiger partial charge on any atom is 0.143 e. The molecule has 1 N–H and O–H groups in total. The average molecular weight is 323 g/mol. The molecule has 19 heavy (non-hydrogen) atoms. The van der Waals surface area contributed by atoms with Gasteiger partial charge in [0.25, 0.3) is 0 Å². The molecule has 0 fully saturated rings. The van der Waals surface area contributed by atoms with E-state index in [1.54, 1.807) is 18.2 Å². The summed E-state index contributed by atoms with van der Waals surface area (Å²) < 4.78 is 14.3. The van der Waals surface area contributed by atoms with Crippen LogP contribution in [-0.2, 0) is 6.42 Å². The van der Waals surface area contributed by atoms with E-state index < -0.39 is 11.9 Å². The monoisotopic (exact) mass is 322 g/mol. The van der Waals surface area contributed by atoms with Crippen LogP contribution in [0.15, 0.2) is 46.9 Å². The van der Waals surface area contributed by atoms with Gasteiger partial charge in [0.2, 0.25) is 0 Å². The molecule has 0 saturated carbocycles. The lowest BCUT2D eigenvalue weighted by Crippen LogP contribution is -2.03. The van der Waals surface area contributed by atoms with Gasteiger partial charge in [-0.3, -0.25) is 0 Å². The second kappa shape index (κ2) is 6.31. The van der Waals surface area contributed by atoms with E-state index in [2.05, 4.69) is 22.9 Å². The van der Waals surface area contributed by atoms with Crippen molar-refractivity contribution in [1.82, 2.24) is 0 Å². The highest BCUT2D eigenvalue weighted by Gasteiger charge is 2.16. The molecule has 0 aliphatic heterocycles. The van der Waals surface area contributed by atoms with E-state index in [4.69, 9.17) is 0 Å². The molecule has 2 aromatic rings. The molecule has 0 aliphatic rings. The Bertz CT molecular complexity index is 551. The fourth-order valence-electron chi connectivity index (χ4n) is 2.07. The number of benzene rings is 2. The van der Waals surface area contributed by atoms with Crippen LogP contribution in [0.25, 0.3) is 0 Å². The number of rotatable bonds is 4. The van der Waals surface area contributed by atoms with Crippen LogP contribution >= 0.6 is 15.9 Å². The summed E-state index contributed by atoms with van der Waals surface area (Å²) in [7, 11) is 0. The van der Waals surface area contributed by atoms with Crippen LogP contribution < -0.4 is 0 Å². The van der Waals surface area contributed by atoms with Gasteiger partial charge < -0.3 is 5.11 Å². The summed E-state index contributed by atoms with van der Waals surface area (Å²) in [6.07, 6.45) is 1.16. The zero-order chi connectivity index (χ0) is 13.8. The molecule has 1 unspecified atom stereocenters. The van der Waals surface area contributed by atoms with Crippen LogP contribution in [0, 0.1) is 5.82 Å². The molecule has 0 heterocycles. The van der Waals surface area contributed by atoms with Crippen molar-refractivity contribution in [2.45, 2.75) is 25.9 Å². The molecule has 0 aromatic heterocycles. The summed E-state index contributed by atoms with van der Waals surface area (Å²) >= 11 is 3.13. The summed E-state index contributed by atoms with van der Waals surface area (Å²) in [6, 6.07) is 12.6. The lowest BCUT2D eigenvalue weighted by molar-refractivity contribution is 0.214. The Kier molecular flexibility index (Phi) is 4.72. The van der Waals surface area contributed by atoms with Crippen molar-refractivity contribution >= 4 is 15.9 Å². The predicted octanol–water partition coefficient (Wildman–Crippen LogP) is 4.62. The largest absolute Gasteiger partial charge is 0.384 e. The number of aryl methyl sites for hydroxylation is 1. The van der Waals surface area contributed by atoms with E-state index in [0.29, 0.717) is 10.0 Å². The zero-order valence-corrected chi connectivity index (χ0v) is 12.3. The van der Waals surface area contributed by atoms with Crippen molar-refractivity contribution in [3.63, 3.8) is 0 Å². The minimum absolute atomic E-state index is 0.289. The number of hydrogen-bond acceptors (Lipinski definition) is 1. The van der Waals surface area contributed by atoms with Gasteiger partial charge in [0.1, 0.15) is 11.9 Å². The predicted molar refractivity (Wildman–Crippen MR) is 78.6 cm³/mol. The molecule has 0 aliphatic carbocycles. The lowest BCUT2D eigenvalue weighted by Gasteiger charge is -2.13. The maximum atomic E-state index is 13.9. The van der Waals surface area contributed by atoms with Crippen molar-refractivity contribution < 1.29 is 9.50 Å². The van der Waals surface area contributed by atoms with Crippen molar-refractivity contribution in [2.75, 3.05) is 0 Å². The van der Waals surface area contributed by atoms with Gasteiger partial charge in [-0.1, -0.05) is 49.7 Å². The Hall–Kier alpha value is -1.19. The first-order valence-electron chi connectivity index (χ1n) is 6.34. The van der Waals surface area contributed by atoms with E-state index in [9.17, 15) is 9.50 Å². The quantitative estimate of drug-likeness (QED) is 0.870. The highest BCUT2D eigenvalue weighted by atomic mass is 79.9. The van der Waals surface area contributed by atoms with Crippen molar-refractivity contribution in [2.24, 2.45) is 0 Å². The molecule has 0 radical (unpaired) electrons. The Morgan fingerprint density at radius 1 is 1.16 bits per heavy atom. The first-order chi connectivity index (χ1) is 9.13. The fraction of sp³-hybridized carbons (Fsp3) is 0.250. The molecule has 1 atom stereocenters. The first-order valence-corrected chi connectivity index (χ1v) is 7.13. The SMILES string of the molecule is CCCc1ccc(C(O)c2cccc(Br)c2F)cc1. The summed E-state index contributed by atoms with van der Waals surface area (Å²) in [5, 5.41) is 10.3. The minimum atomic E-state index is -0.937. The smallest absolute Gasteiger partial charge is 0.143 e.